The summed E-state index contributed by atoms with van der Waals surface area (Å²) in [5.41, 5.74) is 25.5. The molecule has 3 aliphatic carbocycles. The molecule has 406 valence electrons. The van der Waals surface area contributed by atoms with E-state index >= 15 is 0 Å². The Bertz CT molecular complexity index is 3630. The Morgan fingerprint density at radius 2 is 0.885 bits per heavy atom. The molecule has 0 saturated heterocycles. The molecule has 0 unspecified atom stereocenters. The van der Waals surface area contributed by atoms with Gasteiger partial charge in [0.2, 0.25) is 0 Å². The quantitative estimate of drug-likeness (QED) is 0.162. The number of thiophene rings is 1. The fourth-order valence-electron chi connectivity index (χ4n) is 14.8. The Hall–Kier alpha value is -4.84. The lowest BCUT2D eigenvalue weighted by atomic mass is 9.35. The Morgan fingerprint density at radius 3 is 1.37 bits per heavy atom. The summed E-state index contributed by atoms with van der Waals surface area (Å²) >= 11 is 2.09. The normalized spacial score (nSPS) is 20.1. The lowest BCUT2D eigenvalue weighted by Gasteiger charge is -2.48. The second-order valence-electron chi connectivity index (χ2n) is 32.3. The van der Waals surface area contributed by atoms with Crippen LogP contribution in [0.15, 0.2) is 97.1 Å². The predicted octanol–water partition coefficient (Wildman–Crippen LogP) is 18.8. The molecule has 2 nitrogen and oxygen atoms in total. The summed E-state index contributed by atoms with van der Waals surface area (Å²) in [7, 11) is -1.56. The van der Waals surface area contributed by atoms with E-state index in [-0.39, 0.29) is 50.0 Å². The molecule has 6 aromatic carbocycles. The van der Waals surface area contributed by atoms with Crippen molar-refractivity contribution in [1.82, 2.24) is 0 Å². The Morgan fingerprint density at radius 1 is 0.449 bits per heavy atom. The molecule has 78 heavy (non-hydrogen) atoms. The zero-order chi connectivity index (χ0) is 56.2. The van der Waals surface area contributed by atoms with Gasteiger partial charge in [-0.3, -0.25) is 0 Å². The molecule has 0 radical (unpaired) electrons. The van der Waals surface area contributed by atoms with Crippen LogP contribution in [0.3, 0.4) is 0 Å². The van der Waals surface area contributed by atoms with Crippen LogP contribution in [0.4, 0.5) is 34.1 Å². The van der Waals surface area contributed by atoms with Crippen molar-refractivity contribution in [3.05, 3.63) is 142 Å². The summed E-state index contributed by atoms with van der Waals surface area (Å²) in [6.45, 7) is 51.9. The van der Waals surface area contributed by atoms with Crippen LogP contribution >= 0.6 is 11.3 Å². The van der Waals surface area contributed by atoms with Crippen LogP contribution < -0.4 is 30.7 Å². The molecular formula is C73H91BN2SSi. The van der Waals surface area contributed by atoms with Gasteiger partial charge in [0.15, 0.2) is 0 Å². The molecule has 7 aromatic rings. The largest absolute Gasteiger partial charge is 0.311 e. The van der Waals surface area contributed by atoms with Gasteiger partial charge in [-0.25, -0.2) is 0 Å². The van der Waals surface area contributed by atoms with E-state index in [0.29, 0.717) is 0 Å². The third-order valence-corrected chi connectivity index (χ3v) is 24.0. The first-order chi connectivity index (χ1) is 36.0. The summed E-state index contributed by atoms with van der Waals surface area (Å²) in [6, 6.07) is 41.1. The minimum Gasteiger partial charge on any atom is -0.311 e. The van der Waals surface area contributed by atoms with E-state index in [2.05, 4.69) is 262 Å². The second-order valence-corrected chi connectivity index (χ2v) is 38.5. The Kier molecular flexibility index (Phi) is 11.6. The van der Waals surface area contributed by atoms with Crippen molar-refractivity contribution >= 4 is 91.2 Å². The van der Waals surface area contributed by atoms with Crippen LogP contribution in [0.1, 0.15) is 208 Å². The van der Waals surface area contributed by atoms with Gasteiger partial charge in [-0.1, -0.05) is 192 Å². The van der Waals surface area contributed by atoms with Gasteiger partial charge in [0.1, 0.15) is 0 Å². The fourth-order valence-corrected chi connectivity index (χ4v) is 17.3. The Labute approximate surface area is 477 Å². The summed E-state index contributed by atoms with van der Waals surface area (Å²) in [4.78, 5) is 5.59. The Balaban J connectivity index is 1.26. The minimum absolute atomic E-state index is 0.0137. The monoisotopic (exact) mass is 1070 g/mol. The van der Waals surface area contributed by atoms with Gasteiger partial charge in [0.05, 0.1) is 19.4 Å². The number of hydrogen-bond acceptors (Lipinski definition) is 3. The predicted molar refractivity (Wildman–Crippen MR) is 348 cm³/mol. The first kappa shape index (κ1) is 53.8. The zero-order valence-electron chi connectivity index (χ0n) is 51.9. The van der Waals surface area contributed by atoms with Crippen molar-refractivity contribution < 1.29 is 0 Å². The number of benzene rings is 6. The lowest BCUT2D eigenvalue weighted by molar-refractivity contribution is 0.332. The molecule has 5 heteroatoms. The van der Waals surface area contributed by atoms with Crippen molar-refractivity contribution in [3.8, 4) is 11.1 Å². The van der Waals surface area contributed by atoms with Crippen LogP contribution in [0.5, 0.6) is 0 Å². The van der Waals surface area contributed by atoms with Crippen LogP contribution in [-0.2, 0) is 43.3 Å². The van der Waals surface area contributed by atoms with E-state index in [1.54, 1.807) is 0 Å². The van der Waals surface area contributed by atoms with Crippen molar-refractivity contribution in [1.29, 1.82) is 0 Å². The maximum Gasteiger partial charge on any atom is 0.264 e. The highest BCUT2D eigenvalue weighted by Gasteiger charge is 2.50. The molecule has 1 aromatic heterocycles. The summed E-state index contributed by atoms with van der Waals surface area (Å²) in [5, 5.41) is 2.91. The molecule has 3 heterocycles. The van der Waals surface area contributed by atoms with Crippen LogP contribution in [-0.4, -0.2) is 14.8 Å². The number of hydrogen-bond donors (Lipinski definition) is 0. The van der Waals surface area contributed by atoms with E-state index in [0.717, 1.165) is 6.42 Å². The van der Waals surface area contributed by atoms with Gasteiger partial charge in [0.25, 0.3) is 6.71 Å². The highest BCUT2D eigenvalue weighted by Crippen LogP contribution is 2.57. The van der Waals surface area contributed by atoms with E-state index in [9.17, 15) is 0 Å². The van der Waals surface area contributed by atoms with Gasteiger partial charge in [0, 0.05) is 43.2 Å². The topological polar surface area (TPSA) is 6.48 Å². The molecule has 5 aliphatic rings. The smallest absolute Gasteiger partial charge is 0.264 e. The molecule has 12 rings (SSSR count). The molecule has 0 fully saturated rings. The molecule has 0 amide bonds. The first-order valence-corrected chi connectivity index (χ1v) is 34.3. The van der Waals surface area contributed by atoms with E-state index in [1.165, 1.54) is 153 Å². The molecule has 0 spiro atoms. The summed E-state index contributed by atoms with van der Waals surface area (Å²) < 4.78 is 2.89. The average Bonchev–Trinajstić information content (AvgIpc) is 3.89. The minimum atomic E-state index is -1.56. The maximum absolute atomic E-state index is 2.83. The third kappa shape index (κ3) is 8.24. The molecule has 0 N–H and O–H groups in total. The number of rotatable bonds is 4. The average molecular weight is 1070 g/mol. The van der Waals surface area contributed by atoms with Crippen LogP contribution in [0, 0.1) is 0 Å². The van der Waals surface area contributed by atoms with E-state index in [1.807, 2.05) is 0 Å². The van der Waals surface area contributed by atoms with Crippen molar-refractivity contribution in [2.75, 3.05) is 9.80 Å². The number of anilines is 6. The van der Waals surface area contributed by atoms with Gasteiger partial charge in [-0.15, -0.1) is 11.3 Å². The van der Waals surface area contributed by atoms with Gasteiger partial charge in [-0.05, 0) is 197 Å². The van der Waals surface area contributed by atoms with E-state index in [4.69, 9.17) is 0 Å². The van der Waals surface area contributed by atoms with Crippen molar-refractivity contribution in [3.63, 3.8) is 0 Å². The molecular weight excluding hydrogens is 976 g/mol. The number of nitrogens with zero attached hydrogens (tertiary/aromatic N) is 2. The standard InChI is InChI=1S/C73H91BN2SSi/c1-66(2,3)45-24-26-47(27-25-45)75-60-36-46(67(4,5)6)37-61-63(60)74(65-64(75)50-39-52-56(43-62(50)77-65)73(17,18)35-31-69(52,9)10)57-40-53-55(72(15,16)34-32-70(53,11)12)42-59(57)76(61)58-41-54-51(68(7,8)30-33-71(54,13)14)38-49(58)44-22-28-48(29-23-44)78(19,20)21/h22-29,36-43H,30-35H2,1-21H3. The zero-order valence-corrected chi connectivity index (χ0v) is 53.7. The van der Waals surface area contributed by atoms with Gasteiger partial charge in [-0.2, -0.15) is 0 Å². The fraction of sp³-hybridized carbons (Fsp3) is 0.479. The molecule has 0 saturated carbocycles. The van der Waals surface area contributed by atoms with Gasteiger partial charge < -0.3 is 9.80 Å². The number of fused-ring (bicyclic) bond motifs is 9. The van der Waals surface area contributed by atoms with Crippen molar-refractivity contribution in [2.45, 2.75) is 226 Å². The first-order valence-electron chi connectivity index (χ1n) is 30.0. The van der Waals surface area contributed by atoms with Crippen LogP contribution in [0.25, 0.3) is 21.2 Å². The third-order valence-electron chi connectivity index (χ3n) is 20.7. The highest BCUT2D eigenvalue weighted by molar-refractivity contribution is 7.33. The maximum atomic E-state index is 2.83. The second kappa shape index (κ2) is 16.9. The highest BCUT2D eigenvalue weighted by atomic mass is 32.1. The molecule has 0 bridgehead atoms. The molecule has 2 aliphatic heterocycles. The SMILES string of the molecule is CC(C)(C)c1ccc(N2c3cc(C(C)(C)C)cc4c3B(c3cc5c(cc3N4c3cc4c(cc3-c3ccc([Si](C)(C)C)cc3)C(C)(C)CCC4(C)C)C(C)(C)CCC5(C)C)c3sc4cc5c(cc4c32)C(C)(C)CCC5(C)C)cc1. The van der Waals surface area contributed by atoms with E-state index < -0.39 is 8.07 Å². The summed E-state index contributed by atoms with van der Waals surface area (Å²) in [5.74, 6) is 0. The van der Waals surface area contributed by atoms with Crippen molar-refractivity contribution in [2.24, 2.45) is 0 Å². The van der Waals surface area contributed by atoms with Gasteiger partial charge >= 0.3 is 0 Å². The summed E-state index contributed by atoms with van der Waals surface area (Å²) in [6.07, 6.45) is 7.07. The lowest BCUT2D eigenvalue weighted by Crippen LogP contribution is -2.61. The molecule has 0 atom stereocenters. The van der Waals surface area contributed by atoms with Crippen LogP contribution in [0.2, 0.25) is 19.6 Å².